The van der Waals surface area contributed by atoms with Crippen molar-refractivity contribution in [2.75, 3.05) is 7.11 Å². The molecule has 3 atom stereocenters. The lowest BCUT2D eigenvalue weighted by Gasteiger charge is -2.25. The van der Waals surface area contributed by atoms with Crippen LogP contribution in [0.3, 0.4) is 0 Å². The zero-order valence-corrected chi connectivity index (χ0v) is 16.6. The Labute approximate surface area is 167 Å². The van der Waals surface area contributed by atoms with Gasteiger partial charge in [-0.1, -0.05) is 55.0 Å². The van der Waals surface area contributed by atoms with Crippen LogP contribution in [0.4, 0.5) is 0 Å². The minimum Gasteiger partial charge on any atom is -0.507 e. The molecule has 0 spiro atoms. The fourth-order valence-electron chi connectivity index (χ4n) is 3.23. The van der Waals surface area contributed by atoms with Crippen molar-refractivity contribution in [1.82, 2.24) is 0 Å². The van der Waals surface area contributed by atoms with Gasteiger partial charge >= 0.3 is 0 Å². The summed E-state index contributed by atoms with van der Waals surface area (Å²) in [6, 6.07) is 14.4. The molecule has 2 rings (SSSR count). The molecule has 0 amide bonds. The number of aromatic hydroxyl groups is 1. The first kappa shape index (κ1) is 21.7. The number of para-hydroxylation sites is 1. The summed E-state index contributed by atoms with van der Waals surface area (Å²) in [5.41, 5.74) is 2.61. The van der Waals surface area contributed by atoms with Gasteiger partial charge in [-0.05, 0) is 43.0 Å². The molecule has 0 unspecified atom stereocenters. The molecule has 2 aromatic carbocycles. The molecule has 0 aliphatic carbocycles. The van der Waals surface area contributed by atoms with Crippen LogP contribution in [0.1, 0.15) is 43.4 Å². The number of hydrogen-bond acceptors (Lipinski definition) is 4. The van der Waals surface area contributed by atoms with E-state index in [1.54, 1.807) is 49.6 Å². The zero-order valence-electron chi connectivity index (χ0n) is 16.6. The Morgan fingerprint density at radius 3 is 2.36 bits per heavy atom. The third-order valence-corrected chi connectivity index (χ3v) is 5.05. The van der Waals surface area contributed by atoms with E-state index in [0.29, 0.717) is 24.2 Å². The van der Waals surface area contributed by atoms with Gasteiger partial charge in [0.2, 0.25) is 0 Å². The number of methoxy groups -OCH3 is 1. The number of phenols is 1. The molecule has 0 bridgehead atoms. The third-order valence-electron chi connectivity index (χ3n) is 5.05. The highest BCUT2D eigenvalue weighted by Crippen LogP contribution is 2.30. The lowest BCUT2D eigenvalue weighted by Crippen LogP contribution is -2.25. The topological polar surface area (TPSA) is 69.9 Å². The summed E-state index contributed by atoms with van der Waals surface area (Å²) >= 11 is 0. The highest BCUT2D eigenvalue weighted by molar-refractivity contribution is 5.59. The Kier molecular flexibility index (Phi) is 8.30. The first-order valence-corrected chi connectivity index (χ1v) is 9.60. The molecule has 0 saturated carbocycles. The first-order valence-electron chi connectivity index (χ1n) is 9.60. The van der Waals surface area contributed by atoms with Gasteiger partial charge in [-0.3, -0.25) is 0 Å². The number of ether oxygens (including phenoxy) is 1. The van der Waals surface area contributed by atoms with Crippen LogP contribution in [0.25, 0.3) is 6.08 Å². The Morgan fingerprint density at radius 2 is 1.79 bits per heavy atom. The molecular formula is C24H30O4. The summed E-state index contributed by atoms with van der Waals surface area (Å²) in [6.45, 7) is 5.85. The van der Waals surface area contributed by atoms with Crippen LogP contribution >= 0.6 is 0 Å². The van der Waals surface area contributed by atoms with E-state index >= 15 is 0 Å². The average Bonchev–Trinajstić information content (AvgIpc) is 2.72. The Morgan fingerprint density at radius 1 is 1.11 bits per heavy atom. The normalized spacial score (nSPS) is 14.9. The summed E-state index contributed by atoms with van der Waals surface area (Å²) in [7, 11) is 1.59. The van der Waals surface area contributed by atoms with Crippen molar-refractivity contribution in [2.45, 2.75) is 38.4 Å². The van der Waals surface area contributed by atoms with E-state index in [2.05, 4.69) is 13.5 Å². The minimum atomic E-state index is -0.842. The summed E-state index contributed by atoms with van der Waals surface area (Å²) in [6.07, 6.45) is 3.99. The van der Waals surface area contributed by atoms with Crippen molar-refractivity contribution in [3.63, 3.8) is 0 Å². The van der Waals surface area contributed by atoms with Crippen molar-refractivity contribution in [3.8, 4) is 11.5 Å². The van der Waals surface area contributed by atoms with Crippen LogP contribution in [0.5, 0.6) is 11.5 Å². The molecule has 0 aliphatic rings. The number of allylic oxidation sites excluding steroid dienone is 1. The predicted molar refractivity (Wildman–Crippen MR) is 113 cm³/mol. The molecule has 3 N–H and O–H groups in total. The molecular weight excluding hydrogens is 352 g/mol. The van der Waals surface area contributed by atoms with Gasteiger partial charge in [0.25, 0.3) is 0 Å². The van der Waals surface area contributed by atoms with E-state index in [1.807, 2.05) is 18.2 Å². The van der Waals surface area contributed by atoms with Crippen molar-refractivity contribution in [1.29, 1.82) is 0 Å². The van der Waals surface area contributed by atoms with Gasteiger partial charge in [0.15, 0.2) is 0 Å². The van der Waals surface area contributed by atoms with Crippen molar-refractivity contribution < 1.29 is 20.1 Å². The van der Waals surface area contributed by atoms with E-state index in [-0.39, 0.29) is 5.75 Å². The molecule has 0 fully saturated rings. The lowest BCUT2D eigenvalue weighted by molar-refractivity contribution is 0.0318. The van der Waals surface area contributed by atoms with Crippen molar-refractivity contribution in [3.05, 3.63) is 77.9 Å². The van der Waals surface area contributed by atoms with Crippen LogP contribution in [0.2, 0.25) is 0 Å². The van der Waals surface area contributed by atoms with E-state index in [4.69, 9.17) is 4.74 Å². The highest BCUT2D eigenvalue weighted by atomic mass is 16.5. The summed E-state index contributed by atoms with van der Waals surface area (Å²) < 4.78 is 5.14. The standard InChI is InChI=1S/C24H30O4/c1-4-17(16-19-8-6-7-9-22(19)25)10-15-23(26)21(5-2)24(27)18-11-13-20(28-3)14-12-18/h5-9,11-14,16,21,23-27H,2,4,10,15H2,1,3H3/b17-16+/t21-,23-,24-/m1/s1. The average molecular weight is 383 g/mol. The number of rotatable bonds is 10. The molecule has 0 aliphatic heterocycles. The van der Waals surface area contributed by atoms with Gasteiger partial charge in [0.05, 0.1) is 19.3 Å². The minimum absolute atomic E-state index is 0.243. The van der Waals surface area contributed by atoms with E-state index in [9.17, 15) is 15.3 Å². The highest BCUT2D eigenvalue weighted by Gasteiger charge is 2.25. The van der Waals surface area contributed by atoms with Gasteiger partial charge in [0.1, 0.15) is 11.5 Å². The van der Waals surface area contributed by atoms with Gasteiger partial charge in [-0.15, -0.1) is 6.58 Å². The maximum atomic E-state index is 10.7. The largest absolute Gasteiger partial charge is 0.507 e. The fraction of sp³-hybridized carbons (Fsp3) is 0.333. The second kappa shape index (κ2) is 10.7. The van der Waals surface area contributed by atoms with Gasteiger partial charge in [-0.2, -0.15) is 0 Å². The Balaban J connectivity index is 2.04. The van der Waals surface area contributed by atoms with Crippen LogP contribution < -0.4 is 4.74 Å². The van der Waals surface area contributed by atoms with Crippen LogP contribution in [-0.2, 0) is 0 Å². The molecule has 0 heterocycles. The molecule has 4 heteroatoms. The second-order valence-electron chi connectivity index (χ2n) is 6.85. The van der Waals surface area contributed by atoms with Crippen molar-refractivity contribution >= 4 is 6.08 Å². The summed E-state index contributed by atoms with van der Waals surface area (Å²) in [4.78, 5) is 0. The summed E-state index contributed by atoms with van der Waals surface area (Å²) in [5, 5.41) is 31.3. The van der Waals surface area contributed by atoms with E-state index < -0.39 is 18.1 Å². The molecule has 2 aromatic rings. The molecule has 0 saturated heterocycles. The maximum absolute atomic E-state index is 10.7. The lowest BCUT2D eigenvalue weighted by atomic mass is 9.87. The number of aliphatic hydroxyl groups excluding tert-OH is 2. The zero-order chi connectivity index (χ0) is 20.5. The Bertz CT molecular complexity index is 779. The second-order valence-corrected chi connectivity index (χ2v) is 6.85. The number of hydrogen-bond donors (Lipinski definition) is 3. The van der Waals surface area contributed by atoms with E-state index in [1.165, 1.54) is 0 Å². The number of aliphatic hydroxyl groups is 2. The summed E-state index contributed by atoms with van der Waals surface area (Å²) in [5.74, 6) is 0.484. The van der Waals surface area contributed by atoms with Crippen LogP contribution in [-0.4, -0.2) is 28.5 Å². The Hall–Kier alpha value is -2.56. The quantitative estimate of drug-likeness (QED) is 0.513. The maximum Gasteiger partial charge on any atom is 0.122 e. The fourth-order valence-corrected chi connectivity index (χ4v) is 3.23. The number of benzene rings is 2. The van der Waals surface area contributed by atoms with Gasteiger partial charge < -0.3 is 20.1 Å². The monoisotopic (exact) mass is 382 g/mol. The molecule has 0 radical (unpaired) electrons. The molecule has 0 aromatic heterocycles. The first-order chi connectivity index (χ1) is 13.5. The number of phenolic OH excluding ortho intramolecular Hbond substituents is 1. The van der Waals surface area contributed by atoms with E-state index in [0.717, 1.165) is 17.6 Å². The third kappa shape index (κ3) is 5.72. The smallest absolute Gasteiger partial charge is 0.122 e. The predicted octanol–water partition coefficient (Wildman–Crippen LogP) is 4.87. The SMILES string of the molecule is C=C[C@H]([C@H](O)CC/C(=C/c1ccccc1O)CC)[C@H](O)c1ccc(OC)cc1. The molecule has 4 nitrogen and oxygen atoms in total. The molecule has 28 heavy (non-hydrogen) atoms. The van der Waals surface area contributed by atoms with Crippen molar-refractivity contribution in [2.24, 2.45) is 5.92 Å². The van der Waals surface area contributed by atoms with Crippen LogP contribution in [0.15, 0.2) is 66.8 Å². The van der Waals surface area contributed by atoms with Gasteiger partial charge in [-0.25, -0.2) is 0 Å². The van der Waals surface area contributed by atoms with Crippen LogP contribution in [0, 0.1) is 5.92 Å². The molecule has 150 valence electrons. The van der Waals surface area contributed by atoms with Gasteiger partial charge in [0, 0.05) is 11.5 Å².